The normalized spacial score (nSPS) is 15.2. The first-order chi connectivity index (χ1) is 6.47. The lowest BCUT2D eigenvalue weighted by Crippen LogP contribution is -1.97. The lowest BCUT2D eigenvalue weighted by atomic mass is 10.2. The Labute approximate surface area is 76.5 Å². The molecule has 0 fully saturated rings. The van der Waals surface area contributed by atoms with E-state index in [-0.39, 0.29) is 0 Å². The molecular formula is C10H9N3. The van der Waals surface area contributed by atoms with Gasteiger partial charge in [0.15, 0.2) is 0 Å². The summed E-state index contributed by atoms with van der Waals surface area (Å²) >= 11 is 0. The number of aromatic nitrogens is 1. The van der Waals surface area contributed by atoms with Crippen LogP contribution in [0.3, 0.4) is 0 Å². The average molecular weight is 171 g/mol. The fourth-order valence-corrected chi connectivity index (χ4v) is 1.07. The minimum atomic E-state index is 0.814. The van der Waals surface area contributed by atoms with Gasteiger partial charge in [0.05, 0.1) is 5.69 Å². The largest absolute Gasteiger partial charge is 0.255 e. The highest BCUT2D eigenvalue weighted by Gasteiger charge is 2.00. The molecule has 0 aliphatic carbocycles. The predicted molar refractivity (Wildman–Crippen MR) is 53.0 cm³/mol. The fraction of sp³-hybridized carbons (Fsp3) is 0.100. The van der Waals surface area contributed by atoms with Gasteiger partial charge in [-0.15, -0.1) is 5.10 Å². The Bertz CT molecular complexity index is 363. The molecule has 3 heteroatoms. The molecule has 0 saturated heterocycles. The predicted octanol–water partition coefficient (Wildman–Crippen LogP) is 1.82. The third kappa shape index (κ3) is 1.87. The van der Waals surface area contributed by atoms with Gasteiger partial charge in [-0.25, -0.2) is 0 Å². The van der Waals surface area contributed by atoms with E-state index < -0.39 is 0 Å². The van der Waals surface area contributed by atoms with E-state index in [0.717, 1.165) is 17.8 Å². The van der Waals surface area contributed by atoms with Crippen molar-refractivity contribution in [2.45, 2.75) is 6.42 Å². The van der Waals surface area contributed by atoms with Crippen LogP contribution in [0.2, 0.25) is 0 Å². The summed E-state index contributed by atoms with van der Waals surface area (Å²) in [5, 5.41) is 7.92. The Balaban J connectivity index is 2.36. The zero-order valence-corrected chi connectivity index (χ0v) is 7.09. The monoisotopic (exact) mass is 171 g/mol. The second-order valence-electron chi connectivity index (χ2n) is 2.64. The molecule has 1 aromatic heterocycles. The second kappa shape index (κ2) is 3.76. The van der Waals surface area contributed by atoms with Gasteiger partial charge >= 0.3 is 0 Å². The summed E-state index contributed by atoms with van der Waals surface area (Å²) in [6.07, 6.45) is 8.31. The van der Waals surface area contributed by atoms with Crippen molar-refractivity contribution in [2.24, 2.45) is 10.2 Å². The smallest absolute Gasteiger partial charge is 0.111 e. The molecule has 0 aromatic carbocycles. The summed E-state index contributed by atoms with van der Waals surface area (Å²) in [5.74, 6) is 0. The van der Waals surface area contributed by atoms with Crippen LogP contribution >= 0.6 is 0 Å². The van der Waals surface area contributed by atoms with E-state index in [9.17, 15) is 0 Å². The second-order valence-corrected chi connectivity index (χ2v) is 2.64. The fourth-order valence-electron chi connectivity index (χ4n) is 1.07. The van der Waals surface area contributed by atoms with Gasteiger partial charge in [0, 0.05) is 18.8 Å². The zero-order valence-electron chi connectivity index (χ0n) is 7.09. The maximum absolute atomic E-state index is 4.19. The molecule has 0 amide bonds. The highest BCUT2D eigenvalue weighted by Crippen LogP contribution is 2.01. The molecule has 0 radical (unpaired) electrons. The van der Waals surface area contributed by atoms with Crippen molar-refractivity contribution >= 4 is 11.9 Å². The summed E-state index contributed by atoms with van der Waals surface area (Å²) in [4.78, 5) is 4.19. The molecule has 1 aliphatic heterocycles. The molecule has 0 spiro atoms. The molecule has 1 aromatic rings. The van der Waals surface area contributed by atoms with Crippen LogP contribution in [0.15, 0.2) is 46.8 Å². The summed E-state index contributed by atoms with van der Waals surface area (Å²) < 4.78 is 0. The van der Waals surface area contributed by atoms with Gasteiger partial charge in [0.2, 0.25) is 0 Å². The van der Waals surface area contributed by atoms with Crippen LogP contribution in [0.4, 0.5) is 0 Å². The minimum absolute atomic E-state index is 0.814. The quantitative estimate of drug-likeness (QED) is 0.635. The minimum Gasteiger partial charge on any atom is -0.255 e. The standard InChI is InChI=1S/C10H9N3/c1-3-7-11-9(5-1)10-6-2-4-8-12-13-10/h1-3,5-8H,4H2. The first kappa shape index (κ1) is 7.86. The summed E-state index contributed by atoms with van der Waals surface area (Å²) in [5.41, 5.74) is 1.67. The Kier molecular flexibility index (Phi) is 2.27. The Morgan fingerprint density at radius 3 is 3.08 bits per heavy atom. The molecule has 0 N–H and O–H groups in total. The van der Waals surface area contributed by atoms with E-state index in [4.69, 9.17) is 0 Å². The number of allylic oxidation sites excluding steroid dienone is 2. The molecule has 1 aliphatic rings. The lowest BCUT2D eigenvalue weighted by molar-refractivity contribution is 1.22. The van der Waals surface area contributed by atoms with Gasteiger partial charge in [0.1, 0.15) is 5.71 Å². The molecule has 0 bridgehead atoms. The van der Waals surface area contributed by atoms with E-state index in [1.807, 2.05) is 30.4 Å². The molecule has 0 unspecified atom stereocenters. The van der Waals surface area contributed by atoms with Gasteiger partial charge in [0.25, 0.3) is 0 Å². The lowest BCUT2D eigenvalue weighted by Gasteiger charge is -1.95. The van der Waals surface area contributed by atoms with E-state index in [0.29, 0.717) is 0 Å². The van der Waals surface area contributed by atoms with Crippen LogP contribution in [-0.4, -0.2) is 16.9 Å². The van der Waals surface area contributed by atoms with Gasteiger partial charge in [-0.1, -0.05) is 12.1 Å². The van der Waals surface area contributed by atoms with Gasteiger partial charge < -0.3 is 0 Å². The molecule has 0 saturated carbocycles. The Morgan fingerprint density at radius 1 is 1.23 bits per heavy atom. The van der Waals surface area contributed by atoms with Crippen LogP contribution in [0.5, 0.6) is 0 Å². The number of rotatable bonds is 1. The molecule has 2 rings (SSSR count). The van der Waals surface area contributed by atoms with Crippen LogP contribution in [0.1, 0.15) is 12.1 Å². The van der Waals surface area contributed by atoms with Crippen LogP contribution in [0.25, 0.3) is 0 Å². The SMILES string of the molecule is C1=CC(c2ccccn2)=NN=CC1. The number of pyridine rings is 1. The van der Waals surface area contributed by atoms with E-state index in [1.54, 1.807) is 12.4 Å². The van der Waals surface area contributed by atoms with E-state index in [1.165, 1.54) is 0 Å². The third-order valence-electron chi connectivity index (χ3n) is 1.69. The number of hydrogen-bond donors (Lipinski definition) is 0. The highest BCUT2D eigenvalue weighted by atomic mass is 15.2. The van der Waals surface area contributed by atoms with Crippen LogP contribution in [0, 0.1) is 0 Å². The first-order valence-electron chi connectivity index (χ1n) is 4.14. The van der Waals surface area contributed by atoms with Crippen molar-refractivity contribution in [1.82, 2.24) is 4.98 Å². The summed E-state index contributed by atoms with van der Waals surface area (Å²) in [6.45, 7) is 0. The molecular weight excluding hydrogens is 162 g/mol. The maximum Gasteiger partial charge on any atom is 0.111 e. The molecule has 0 atom stereocenters. The molecule has 64 valence electrons. The summed E-state index contributed by atoms with van der Waals surface area (Å²) in [7, 11) is 0. The number of hydrogen-bond acceptors (Lipinski definition) is 3. The first-order valence-corrected chi connectivity index (χ1v) is 4.14. The topological polar surface area (TPSA) is 37.6 Å². The highest BCUT2D eigenvalue weighted by molar-refractivity contribution is 6.07. The molecule has 13 heavy (non-hydrogen) atoms. The molecule has 3 nitrogen and oxygen atoms in total. The average Bonchev–Trinajstić information content (AvgIpc) is 2.47. The van der Waals surface area contributed by atoms with Crippen LogP contribution in [-0.2, 0) is 0 Å². The van der Waals surface area contributed by atoms with Crippen molar-refractivity contribution < 1.29 is 0 Å². The summed E-state index contributed by atoms with van der Waals surface area (Å²) in [6, 6.07) is 5.74. The number of nitrogens with zero attached hydrogens (tertiary/aromatic N) is 3. The van der Waals surface area contributed by atoms with E-state index in [2.05, 4.69) is 15.2 Å². The van der Waals surface area contributed by atoms with Gasteiger partial charge in [-0.3, -0.25) is 4.98 Å². The van der Waals surface area contributed by atoms with Gasteiger partial charge in [-0.2, -0.15) is 5.10 Å². The molecule has 2 heterocycles. The van der Waals surface area contributed by atoms with Crippen LogP contribution < -0.4 is 0 Å². The van der Waals surface area contributed by atoms with Crippen molar-refractivity contribution in [1.29, 1.82) is 0 Å². The van der Waals surface area contributed by atoms with Crippen molar-refractivity contribution in [3.63, 3.8) is 0 Å². The van der Waals surface area contributed by atoms with Crippen molar-refractivity contribution in [3.8, 4) is 0 Å². The van der Waals surface area contributed by atoms with Crippen molar-refractivity contribution in [3.05, 3.63) is 42.2 Å². The van der Waals surface area contributed by atoms with Crippen molar-refractivity contribution in [2.75, 3.05) is 0 Å². The van der Waals surface area contributed by atoms with E-state index >= 15 is 0 Å². The third-order valence-corrected chi connectivity index (χ3v) is 1.69. The Hall–Kier alpha value is -1.77. The van der Waals surface area contributed by atoms with Gasteiger partial charge in [-0.05, 0) is 18.2 Å². The Morgan fingerprint density at radius 2 is 2.23 bits per heavy atom. The zero-order chi connectivity index (χ0) is 8.93. The maximum atomic E-state index is 4.19.